The van der Waals surface area contributed by atoms with E-state index in [4.69, 9.17) is 4.74 Å². The Morgan fingerprint density at radius 2 is 2.00 bits per heavy atom. The molecule has 0 aliphatic carbocycles. The zero-order chi connectivity index (χ0) is 13.8. The summed E-state index contributed by atoms with van der Waals surface area (Å²) in [7, 11) is 0. The highest BCUT2D eigenvalue weighted by molar-refractivity contribution is 7.09. The van der Waals surface area contributed by atoms with E-state index in [9.17, 15) is 9.59 Å². The van der Waals surface area contributed by atoms with Crippen LogP contribution in [0.4, 0.5) is 5.13 Å². The van der Waals surface area contributed by atoms with Gasteiger partial charge in [0, 0.05) is 18.0 Å². The van der Waals surface area contributed by atoms with Crippen LogP contribution in [0.2, 0.25) is 0 Å². The zero-order valence-corrected chi connectivity index (χ0v) is 11.8. The quantitative estimate of drug-likeness (QED) is 0.846. The Kier molecular flexibility index (Phi) is 4.77. The summed E-state index contributed by atoms with van der Waals surface area (Å²) in [6.07, 6.45) is 0.133. The fourth-order valence-electron chi connectivity index (χ4n) is 1.14. The number of aryl methyl sites for hydroxylation is 1. The van der Waals surface area contributed by atoms with Gasteiger partial charge in [0.1, 0.15) is 11.4 Å². The summed E-state index contributed by atoms with van der Waals surface area (Å²) < 4.78 is 9.04. The van der Waals surface area contributed by atoms with Gasteiger partial charge < -0.3 is 10.1 Å². The molecule has 0 bridgehead atoms. The summed E-state index contributed by atoms with van der Waals surface area (Å²) in [5.74, 6) is -0.0365. The van der Waals surface area contributed by atoms with Gasteiger partial charge in [-0.25, -0.2) is 4.98 Å². The second-order valence-corrected chi connectivity index (χ2v) is 5.53. The van der Waals surface area contributed by atoms with Crippen LogP contribution >= 0.6 is 11.5 Å². The molecule has 0 radical (unpaired) electrons. The summed E-state index contributed by atoms with van der Waals surface area (Å²) in [6.45, 7) is 7.10. The highest BCUT2D eigenvalue weighted by atomic mass is 32.1. The van der Waals surface area contributed by atoms with Crippen molar-refractivity contribution in [3.05, 3.63) is 5.82 Å². The van der Waals surface area contributed by atoms with E-state index >= 15 is 0 Å². The SMILES string of the molecule is Cc1nsc(NC(=O)CCC(=O)OC(C)(C)C)n1. The third kappa shape index (κ3) is 5.72. The van der Waals surface area contributed by atoms with Gasteiger partial charge >= 0.3 is 5.97 Å². The molecule has 0 aliphatic rings. The molecule has 0 unspecified atom stereocenters. The second kappa shape index (κ2) is 5.90. The predicted octanol–water partition coefficient (Wildman–Crippen LogP) is 1.91. The number of esters is 1. The lowest BCUT2D eigenvalue weighted by Crippen LogP contribution is -2.24. The van der Waals surface area contributed by atoms with Crippen molar-refractivity contribution >= 4 is 28.5 Å². The van der Waals surface area contributed by atoms with Crippen molar-refractivity contribution in [3.8, 4) is 0 Å². The number of nitrogens with zero attached hydrogens (tertiary/aromatic N) is 2. The van der Waals surface area contributed by atoms with E-state index in [1.807, 2.05) is 0 Å². The largest absolute Gasteiger partial charge is 0.460 e. The molecule has 0 atom stereocenters. The Morgan fingerprint density at radius 1 is 1.33 bits per heavy atom. The molecule has 100 valence electrons. The maximum atomic E-state index is 11.5. The monoisotopic (exact) mass is 271 g/mol. The molecule has 0 saturated heterocycles. The van der Waals surface area contributed by atoms with Gasteiger partial charge in [-0.1, -0.05) is 0 Å². The zero-order valence-electron chi connectivity index (χ0n) is 10.9. The van der Waals surface area contributed by atoms with Crippen molar-refractivity contribution in [2.75, 3.05) is 5.32 Å². The molecular weight excluding hydrogens is 254 g/mol. The van der Waals surface area contributed by atoms with Crippen LogP contribution in [0.25, 0.3) is 0 Å². The molecule has 1 aromatic rings. The number of amides is 1. The van der Waals surface area contributed by atoms with Gasteiger partial charge in [-0.3, -0.25) is 9.59 Å². The fourth-order valence-corrected chi connectivity index (χ4v) is 1.73. The molecule has 6 nitrogen and oxygen atoms in total. The molecule has 1 rings (SSSR count). The van der Waals surface area contributed by atoms with Crippen LogP contribution in [-0.4, -0.2) is 26.8 Å². The molecule has 0 spiro atoms. The maximum Gasteiger partial charge on any atom is 0.306 e. The van der Waals surface area contributed by atoms with Gasteiger partial charge in [0.25, 0.3) is 0 Å². The number of nitrogens with one attached hydrogen (secondary N) is 1. The first kappa shape index (κ1) is 14.6. The van der Waals surface area contributed by atoms with E-state index < -0.39 is 5.60 Å². The molecule has 0 saturated carbocycles. The van der Waals surface area contributed by atoms with Crippen molar-refractivity contribution < 1.29 is 14.3 Å². The van der Waals surface area contributed by atoms with E-state index in [1.54, 1.807) is 27.7 Å². The minimum atomic E-state index is -0.524. The van der Waals surface area contributed by atoms with E-state index in [0.29, 0.717) is 11.0 Å². The van der Waals surface area contributed by atoms with Gasteiger partial charge in [0.15, 0.2) is 0 Å². The Morgan fingerprint density at radius 3 is 2.50 bits per heavy atom. The normalized spacial score (nSPS) is 11.1. The van der Waals surface area contributed by atoms with Crippen LogP contribution in [-0.2, 0) is 14.3 Å². The highest BCUT2D eigenvalue weighted by Crippen LogP contribution is 2.12. The molecule has 1 heterocycles. The van der Waals surface area contributed by atoms with Crippen LogP contribution in [0.5, 0.6) is 0 Å². The molecule has 0 aromatic carbocycles. The Balaban J connectivity index is 2.31. The number of rotatable bonds is 4. The summed E-state index contributed by atoms with van der Waals surface area (Å²) in [5.41, 5.74) is -0.524. The molecule has 1 aromatic heterocycles. The summed E-state index contributed by atoms with van der Waals surface area (Å²) in [4.78, 5) is 26.9. The molecule has 0 aliphatic heterocycles. The first-order valence-electron chi connectivity index (χ1n) is 5.58. The number of carbonyl (C=O) groups is 2. The minimum Gasteiger partial charge on any atom is -0.460 e. The van der Waals surface area contributed by atoms with Gasteiger partial charge in [0.05, 0.1) is 6.42 Å². The summed E-state index contributed by atoms with van der Waals surface area (Å²) in [6, 6.07) is 0. The highest BCUT2D eigenvalue weighted by Gasteiger charge is 2.17. The number of aromatic nitrogens is 2. The van der Waals surface area contributed by atoms with Crippen LogP contribution in [0.1, 0.15) is 39.4 Å². The van der Waals surface area contributed by atoms with Gasteiger partial charge in [-0.05, 0) is 27.7 Å². The molecule has 0 fully saturated rings. The van der Waals surface area contributed by atoms with Gasteiger partial charge in [-0.15, -0.1) is 0 Å². The van der Waals surface area contributed by atoms with Crippen molar-refractivity contribution in [2.24, 2.45) is 0 Å². The molecule has 7 heteroatoms. The number of hydrogen-bond donors (Lipinski definition) is 1. The van der Waals surface area contributed by atoms with Gasteiger partial charge in [0.2, 0.25) is 11.0 Å². The van der Waals surface area contributed by atoms with Gasteiger partial charge in [-0.2, -0.15) is 4.37 Å². The number of ether oxygens (including phenoxy) is 1. The van der Waals surface area contributed by atoms with E-state index in [1.165, 1.54) is 0 Å². The topological polar surface area (TPSA) is 81.2 Å². The Hall–Kier alpha value is -1.50. The summed E-state index contributed by atoms with van der Waals surface area (Å²) in [5, 5.41) is 3.03. The van der Waals surface area contributed by atoms with Crippen molar-refractivity contribution in [2.45, 2.75) is 46.1 Å². The van der Waals surface area contributed by atoms with Crippen LogP contribution in [0, 0.1) is 6.92 Å². The molecule has 1 amide bonds. The average molecular weight is 271 g/mol. The number of carbonyl (C=O) groups excluding carboxylic acids is 2. The minimum absolute atomic E-state index is 0.0564. The molecule has 1 N–H and O–H groups in total. The standard InChI is InChI=1S/C11H17N3O3S/c1-7-12-10(18-14-7)13-8(15)5-6-9(16)17-11(2,3)4/h5-6H2,1-4H3,(H,12,13,14,15). The Labute approximate surface area is 110 Å². The van der Waals surface area contributed by atoms with E-state index in [2.05, 4.69) is 14.7 Å². The smallest absolute Gasteiger partial charge is 0.306 e. The molecule has 18 heavy (non-hydrogen) atoms. The molecular formula is C11H17N3O3S. The van der Waals surface area contributed by atoms with E-state index in [0.717, 1.165) is 11.5 Å². The average Bonchev–Trinajstić information content (AvgIpc) is 2.58. The van der Waals surface area contributed by atoms with Crippen LogP contribution in [0.15, 0.2) is 0 Å². The number of hydrogen-bond acceptors (Lipinski definition) is 6. The van der Waals surface area contributed by atoms with Crippen LogP contribution < -0.4 is 5.32 Å². The second-order valence-electron chi connectivity index (χ2n) is 4.78. The van der Waals surface area contributed by atoms with Crippen molar-refractivity contribution in [3.63, 3.8) is 0 Å². The predicted molar refractivity (Wildman–Crippen MR) is 68.4 cm³/mol. The third-order valence-corrected chi connectivity index (χ3v) is 2.47. The lowest BCUT2D eigenvalue weighted by atomic mass is 10.2. The Bertz CT molecular complexity index is 437. The first-order valence-corrected chi connectivity index (χ1v) is 6.35. The maximum absolute atomic E-state index is 11.5. The van der Waals surface area contributed by atoms with E-state index in [-0.39, 0.29) is 24.7 Å². The van der Waals surface area contributed by atoms with Crippen LogP contribution in [0.3, 0.4) is 0 Å². The lowest BCUT2D eigenvalue weighted by Gasteiger charge is -2.19. The number of anilines is 1. The third-order valence-electron chi connectivity index (χ3n) is 1.75. The lowest BCUT2D eigenvalue weighted by molar-refractivity contribution is -0.155. The summed E-state index contributed by atoms with van der Waals surface area (Å²) >= 11 is 1.11. The van der Waals surface area contributed by atoms with Crippen molar-refractivity contribution in [1.82, 2.24) is 9.36 Å². The van der Waals surface area contributed by atoms with Crippen molar-refractivity contribution in [1.29, 1.82) is 0 Å². The fraction of sp³-hybridized carbons (Fsp3) is 0.636. The first-order chi connectivity index (χ1) is 8.26.